The predicted molar refractivity (Wildman–Crippen MR) is 172 cm³/mol. The number of benzene rings is 2. The van der Waals surface area contributed by atoms with E-state index in [0.29, 0.717) is 32.8 Å². The van der Waals surface area contributed by atoms with Crippen molar-refractivity contribution in [2.24, 2.45) is 11.8 Å². The van der Waals surface area contributed by atoms with Crippen molar-refractivity contribution in [3.8, 4) is 45.5 Å². The molecular weight excluding hydrogens is 601 g/mol. The second-order valence-electron chi connectivity index (χ2n) is 11.1. The quantitative estimate of drug-likeness (QED) is 0.127. The van der Waals surface area contributed by atoms with Gasteiger partial charge in [0.05, 0.1) is 11.4 Å². The van der Waals surface area contributed by atoms with Gasteiger partial charge in [0.1, 0.15) is 23.0 Å². The number of hydrogen-bond donors (Lipinski definition) is 6. The van der Waals surface area contributed by atoms with E-state index in [-0.39, 0.29) is 46.6 Å². The number of hydrogen-bond acceptors (Lipinski definition) is 10. The fourth-order valence-corrected chi connectivity index (χ4v) is 6.95. The normalized spacial score (nSPS) is 15.6. The van der Waals surface area contributed by atoms with Gasteiger partial charge in [-0.3, -0.25) is 9.59 Å². The third-order valence-corrected chi connectivity index (χ3v) is 9.45. The highest BCUT2D eigenvalue weighted by molar-refractivity contribution is 7.14. The summed E-state index contributed by atoms with van der Waals surface area (Å²) in [7, 11) is 0. The van der Waals surface area contributed by atoms with Crippen LogP contribution in [0.3, 0.4) is 0 Å². The fourth-order valence-electron chi connectivity index (χ4n) is 5.53. The lowest BCUT2D eigenvalue weighted by atomic mass is 9.89. The van der Waals surface area contributed by atoms with Crippen LogP contribution in [0.1, 0.15) is 64.2 Å². The van der Waals surface area contributed by atoms with Crippen LogP contribution >= 0.6 is 22.7 Å². The Hall–Kier alpha value is -4.16. The van der Waals surface area contributed by atoms with Crippen LogP contribution in [-0.4, -0.2) is 42.2 Å². The molecule has 2 amide bonds. The summed E-state index contributed by atoms with van der Waals surface area (Å²) in [6.45, 7) is 0. The molecule has 0 spiro atoms. The number of thiazole rings is 2. The van der Waals surface area contributed by atoms with Crippen molar-refractivity contribution in [1.29, 1.82) is 0 Å². The van der Waals surface area contributed by atoms with E-state index in [1.807, 2.05) is 0 Å². The molecule has 12 heteroatoms. The molecule has 0 saturated heterocycles. The molecule has 0 aliphatic heterocycles. The molecule has 2 aliphatic carbocycles. The number of aromatic nitrogens is 2. The molecule has 10 nitrogen and oxygen atoms in total. The first-order valence-corrected chi connectivity index (χ1v) is 16.6. The molecule has 2 aromatic heterocycles. The van der Waals surface area contributed by atoms with Gasteiger partial charge < -0.3 is 31.1 Å². The molecule has 2 saturated carbocycles. The van der Waals surface area contributed by atoms with Crippen LogP contribution in [0.5, 0.6) is 23.0 Å². The van der Waals surface area contributed by atoms with Crippen molar-refractivity contribution in [3.63, 3.8) is 0 Å². The van der Waals surface area contributed by atoms with E-state index in [2.05, 4.69) is 20.6 Å². The molecule has 44 heavy (non-hydrogen) atoms. The van der Waals surface area contributed by atoms with Gasteiger partial charge >= 0.3 is 0 Å². The number of rotatable bonds is 6. The molecule has 2 aromatic carbocycles. The minimum absolute atomic E-state index is 0.00213. The van der Waals surface area contributed by atoms with E-state index in [9.17, 15) is 30.0 Å². The van der Waals surface area contributed by atoms with Gasteiger partial charge in [0, 0.05) is 45.9 Å². The maximum absolute atomic E-state index is 12.2. The van der Waals surface area contributed by atoms with Crippen LogP contribution in [0, 0.1) is 11.8 Å². The summed E-state index contributed by atoms with van der Waals surface area (Å²) < 4.78 is 0. The van der Waals surface area contributed by atoms with Crippen molar-refractivity contribution in [2.45, 2.75) is 64.2 Å². The topological polar surface area (TPSA) is 165 Å². The van der Waals surface area contributed by atoms with Crippen LogP contribution in [0.25, 0.3) is 22.5 Å². The van der Waals surface area contributed by atoms with E-state index in [0.717, 1.165) is 51.4 Å². The third kappa shape index (κ3) is 8.06. The monoisotopic (exact) mass is 636 g/mol. The molecular formula is C32H36N4O6S2. The SMILES string of the molecule is O=C(Nc1nc(-c2ccc(O)cc2O)cs1)C1CCCCC1.O=C(Nc1nc(-c2ccc(O)cc2O)cs1)C1CCCCC1. The minimum Gasteiger partial charge on any atom is -0.508 e. The van der Waals surface area contributed by atoms with Gasteiger partial charge in [0.2, 0.25) is 11.8 Å². The zero-order valence-electron chi connectivity index (χ0n) is 24.2. The van der Waals surface area contributed by atoms with Crippen molar-refractivity contribution in [3.05, 3.63) is 47.2 Å². The molecule has 6 N–H and O–H groups in total. The lowest BCUT2D eigenvalue weighted by Gasteiger charge is -2.19. The van der Waals surface area contributed by atoms with Crippen LogP contribution in [0.4, 0.5) is 10.3 Å². The van der Waals surface area contributed by atoms with Gasteiger partial charge in [-0.25, -0.2) is 9.97 Å². The standard InChI is InChI=1S/2C16H18N2O3S/c2*19-11-6-7-12(14(20)8-11)13-9-22-16(17-13)18-15(21)10-4-2-1-3-5-10/h2*6-10,19-20H,1-5H2,(H,17,18,21). The number of nitrogens with one attached hydrogen (secondary N) is 2. The van der Waals surface area contributed by atoms with Gasteiger partial charge in [-0.1, -0.05) is 38.5 Å². The minimum atomic E-state index is -0.0320. The molecule has 0 unspecified atom stereocenters. The van der Waals surface area contributed by atoms with Gasteiger partial charge in [-0.05, 0) is 49.9 Å². The Morgan fingerprint density at radius 2 is 1.00 bits per heavy atom. The molecule has 0 radical (unpaired) electrons. The Morgan fingerprint density at radius 1 is 0.614 bits per heavy atom. The molecule has 232 valence electrons. The van der Waals surface area contributed by atoms with E-state index in [4.69, 9.17) is 0 Å². The van der Waals surface area contributed by atoms with E-state index >= 15 is 0 Å². The predicted octanol–water partition coefficient (Wildman–Crippen LogP) is 7.48. The number of carbonyl (C=O) groups is 2. The number of carbonyl (C=O) groups excluding carboxylic acids is 2. The molecule has 2 aliphatic rings. The summed E-state index contributed by atoms with van der Waals surface area (Å²) in [5.74, 6) is 0.188. The number of anilines is 2. The first-order chi connectivity index (χ1) is 21.3. The molecule has 2 fully saturated rings. The average Bonchev–Trinajstić information content (AvgIpc) is 3.68. The molecule has 0 bridgehead atoms. The summed E-state index contributed by atoms with van der Waals surface area (Å²) in [5.41, 5.74) is 2.24. The summed E-state index contributed by atoms with van der Waals surface area (Å²) >= 11 is 2.67. The summed E-state index contributed by atoms with van der Waals surface area (Å²) in [6, 6.07) is 8.74. The van der Waals surface area contributed by atoms with Crippen molar-refractivity contribution in [2.75, 3.05) is 10.6 Å². The van der Waals surface area contributed by atoms with Crippen LogP contribution in [0.2, 0.25) is 0 Å². The Morgan fingerprint density at radius 3 is 1.36 bits per heavy atom. The number of aromatic hydroxyl groups is 4. The second-order valence-corrected chi connectivity index (χ2v) is 12.8. The third-order valence-electron chi connectivity index (χ3n) is 7.94. The summed E-state index contributed by atoms with van der Waals surface area (Å²) in [4.78, 5) is 33.1. The molecule has 0 atom stereocenters. The number of phenols is 4. The first-order valence-electron chi connectivity index (χ1n) is 14.8. The van der Waals surface area contributed by atoms with E-state index in [1.165, 1.54) is 59.8 Å². The Kier molecular flexibility index (Phi) is 10.3. The van der Waals surface area contributed by atoms with Gasteiger partial charge in [-0.2, -0.15) is 0 Å². The van der Waals surface area contributed by atoms with Crippen molar-refractivity contribution < 1.29 is 30.0 Å². The van der Waals surface area contributed by atoms with Gasteiger partial charge in [-0.15, -0.1) is 22.7 Å². The number of amides is 2. The first kappa shape index (κ1) is 31.3. The van der Waals surface area contributed by atoms with Crippen LogP contribution < -0.4 is 10.6 Å². The Balaban J connectivity index is 0.000000175. The van der Waals surface area contributed by atoms with E-state index in [1.54, 1.807) is 22.9 Å². The number of nitrogens with zero attached hydrogens (tertiary/aromatic N) is 2. The highest BCUT2D eigenvalue weighted by atomic mass is 32.1. The largest absolute Gasteiger partial charge is 0.508 e. The summed E-state index contributed by atoms with van der Waals surface area (Å²) in [5, 5.41) is 48.7. The second kappa shape index (κ2) is 14.5. The van der Waals surface area contributed by atoms with Crippen molar-refractivity contribution >= 4 is 44.8 Å². The highest BCUT2D eigenvalue weighted by Crippen LogP contribution is 2.36. The maximum Gasteiger partial charge on any atom is 0.229 e. The van der Waals surface area contributed by atoms with Gasteiger partial charge in [0.15, 0.2) is 10.3 Å². The maximum atomic E-state index is 12.2. The highest BCUT2D eigenvalue weighted by Gasteiger charge is 2.23. The molecule has 2 heterocycles. The number of phenolic OH excluding ortho intramolecular Hbond substituents is 4. The Labute approximate surface area is 263 Å². The fraction of sp³-hybridized carbons (Fsp3) is 0.375. The Bertz CT molecular complexity index is 1470. The molecule has 6 rings (SSSR count). The van der Waals surface area contributed by atoms with E-state index < -0.39 is 0 Å². The van der Waals surface area contributed by atoms with Gasteiger partial charge in [0.25, 0.3) is 0 Å². The lowest BCUT2D eigenvalue weighted by Crippen LogP contribution is -2.24. The van der Waals surface area contributed by atoms with Crippen LogP contribution in [-0.2, 0) is 9.59 Å². The van der Waals surface area contributed by atoms with Crippen molar-refractivity contribution in [1.82, 2.24) is 9.97 Å². The summed E-state index contributed by atoms with van der Waals surface area (Å²) in [6.07, 6.45) is 10.7. The lowest BCUT2D eigenvalue weighted by molar-refractivity contribution is -0.121. The zero-order valence-corrected chi connectivity index (χ0v) is 25.8. The van der Waals surface area contributed by atoms with Crippen LogP contribution in [0.15, 0.2) is 47.2 Å². The molecule has 4 aromatic rings. The smallest absolute Gasteiger partial charge is 0.229 e. The zero-order chi connectivity index (χ0) is 31.1. The average molecular weight is 637 g/mol.